The van der Waals surface area contributed by atoms with Crippen LogP contribution in [-0.4, -0.2) is 26.0 Å². The van der Waals surface area contributed by atoms with Crippen LogP contribution < -0.4 is 4.74 Å². The molecular weight excluding hydrogens is 244 g/mol. The molecule has 4 heteroatoms. The molecule has 19 heavy (non-hydrogen) atoms. The highest BCUT2D eigenvalue weighted by Crippen LogP contribution is 2.45. The molecule has 1 aromatic carbocycles. The molecule has 1 saturated carbocycles. The summed E-state index contributed by atoms with van der Waals surface area (Å²) in [4.78, 5) is 24.6. The van der Waals surface area contributed by atoms with Crippen LogP contribution in [0.3, 0.4) is 0 Å². The summed E-state index contributed by atoms with van der Waals surface area (Å²) >= 11 is 0. The van der Waals surface area contributed by atoms with E-state index in [0.717, 1.165) is 12.0 Å². The van der Waals surface area contributed by atoms with Gasteiger partial charge in [0.1, 0.15) is 11.2 Å². The molecule has 0 unspecified atom stereocenters. The second kappa shape index (κ2) is 5.03. The van der Waals surface area contributed by atoms with Gasteiger partial charge in [-0.25, -0.2) is 0 Å². The standard InChI is InChI=1S/C15H18O4/c1-10-5-6-12(18-2)11(9-10)13(16)15(7-4-8-15)14(17)19-3/h5-6,9H,4,7-8H2,1-3H3. The number of ether oxygens (including phenoxy) is 2. The maximum atomic E-state index is 12.7. The summed E-state index contributed by atoms with van der Waals surface area (Å²) in [5.74, 6) is -0.121. The first-order valence-corrected chi connectivity index (χ1v) is 6.33. The predicted octanol–water partition coefficient (Wildman–Crippen LogP) is 2.53. The first-order chi connectivity index (χ1) is 9.05. The van der Waals surface area contributed by atoms with Crippen molar-refractivity contribution in [1.82, 2.24) is 0 Å². The monoisotopic (exact) mass is 262 g/mol. The van der Waals surface area contributed by atoms with Crippen molar-refractivity contribution in [3.8, 4) is 5.75 Å². The van der Waals surface area contributed by atoms with E-state index in [4.69, 9.17) is 9.47 Å². The lowest BCUT2D eigenvalue weighted by Crippen LogP contribution is -2.46. The molecule has 0 radical (unpaired) electrons. The van der Waals surface area contributed by atoms with Crippen molar-refractivity contribution in [1.29, 1.82) is 0 Å². The molecule has 2 rings (SSSR count). The van der Waals surface area contributed by atoms with Gasteiger partial charge in [0.15, 0.2) is 5.78 Å². The van der Waals surface area contributed by atoms with Crippen molar-refractivity contribution in [3.05, 3.63) is 29.3 Å². The van der Waals surface area contributed by atoms with Gasteiger partial charge in [-0.3, -0.25) is 9.59 Å². The van der Waals surface area contributed by atoms with Crippen LogP contribution in [0.4, 0.5) is 0 Å². The van der Waals surface area contributed by atoms with E-state index in [9.17, 15) is 9.59 Å². The van der Waals surface area contributed by atoms with Crippen molar-refractivity contribution in [2.45, 2.75) is 26.2 Å². The number of methoxy groups -OCH3 is 2. The van der Waals surface area contributed by atoms with E-state index >= 15 is 0 Å². The topological polar surface area (TPSA) is 52.6 Å². The lowest BCUT2D eigenvalue weighted by molar-refractivity contribution is -0.153. The van der Waals surface area contributed by atoms with Crippen LogP contribution in [0, 0.1) is 12.3 Å². The highest BCUT2D eigenvalue weighted by Gasteiger charge is 2.52. The Hall–Kier alpha value is -1.84. The van der Waals surface area contributed by atoms with Gasteiger partial charge in [-0.15, -0.1) is 0 Å². The summed E-state index contributed by atoms with van der Waals surface area (Å²) < 4.78 is 10.0. The van der Waals surface area contributed by atoms with Gasteiger partial charge in [0.2, 0.25) is 0 Å². The molecule has 0 spiro atoms. The Morgan fingerprint density at radius 1 is 1.21 bits per heavy atom. The molecular formula is C15H18O4. The van der Waals surface area contributed by atoms with Crippen LogP contribution in [0.15, 0.2) is 18.2 Å². The van der Waals surface area contributed by atoms with Crippen molar-refractivity contribution in [2.75, 3.05) is 14.2 Å². The minimum absolute atomic E-state index is 0.189. The van der Waals surface area contributed by atoms with Crippen molar-refractivity contribution >= 4 is 11.8 Å². The Morgan fingerprint density at radius 2 is 1.89 bits per heavy atom. The zero-order valence-corrected chi connectivity index (χ0v) is 11.5. The van der Waals surface area contributed by atoms with Crippen molar-refractivity contribution in [3.63, 3.8) is 0 Å². The maximum absolute atomic E-state index is 12.7. The number of rotatable bonds is 4. The fourth-order valence-electron chi connectivity index (χ4n) is 2.51. The number of aryl methyl sites for hydroxylation is 1. The smallest absolute Gasteiger partial charge is 0.319 e. The lowest BCUT2D eigenvalue weighted by Gasteiger charge is -2.37. The number of hydrogen-bond acceptors (Lipinski definition) is 4. The fraction of sp³-hybridized carbons (Fsp3) is 0.467. The second-order valence-electron chi connectivity index (χ2n) is 4.96. The van der Waals surface area contributed by atoms with Crippen molar-refractivity contribution in [2.24, 2.45) is 5.41 Å². The number of benzene rings is 1. The van der Waals surface area contributed by atoms with Gasteiger partial charge < -0.3 is 9.47 Å². The Labute approximate surface area is 112 Å². The van der Waals surface area contributed by atoms with Crippen LogP contribution >= 0.6 is 0 Å². The number of Topliss-reactive ketones (excluding diaryl/α,β-unsaturated/α-hetero) is 1. The van der Waals surface area contributed by atoms with Crippen LogP contribution in [-0.2, 0) is 9.53 Å². The molecule has 1 aliphatic rings. The zero-order valence-electron chi connectivity index (χ0n) is 11.5. The van der Waals surface area contributed by atoms with E-state index in [-0.39, 0.29) is 5.78 Å². The number of ketones is 1. The van der Waals surface area contributed by atoms with E-state index in [1.807, 2.05) is 13.0 Å². The van der Waals surface area contributed by atoms with E-state index in [1.165, 1.54) is 14.2 Å². The number of esters is 1. The van der Waals surface area contributed by atoms with Crippen LogP contribution in [0.25, 0.3) is 0 Å². The van der Waals surface area contributed by atoms with Gasteiger partial charge in [-0.2, -0.15) is 0 Å². The first kappa shape index (κ1) is 13.6. The van der Waals surface area contributed by atoms with Gasteiger partial charge in [-0.05, 0) is 31.9 Å². The Bertz CT molecular complexity index is 515. The highest BCUT2D eigenvalue weighted by molar-refractivity contribution is 6.14. The van der Waals surface area contributed by atoms with E-state index in [0.29, 0.717) is 24.2 Å². The predicted molar refractivity (Wildman–Crippen MR) is 70.4 cm³/mol. The molecule has 0 heterocycles. The zero-order chi connectivity index (χ0) is 14.0. The average Bonchev–Trinajstić information content (AvgIpc) is 2.36. The minimum atomic E-state index is -1.00. The van der Waals surface area contributed by atoms with Crippen LogP contribution in [0.2, 0.25) is 0 Å². The first-order valence-electron chi connectivity index (χ1n) is 6.33. The summed E-state index contributed by atoms with van der Waals surface area (Å²) in [7, 11) is 2.84. The lowest BCUT2D eigenvalue weighted by atomic mass is 9.64. The molecule has 1 fully saturated rings. The largest absolute Gasteiger partial charge is 0.496 e. The summed E-state index contributed by atoms with van der Waals surface area (Å²) in [6.07, 6.45) is 1.97. The normalized spacial score (nSPS) is 16.4. The van der Waals surface area contributed by atoms with E-state index < -0.39 is 11.4 Å². The molecule has 102 valence electrons. The molecule has 0 amide bonds. The van der Waals surface area contributed by atoms with Gasteiger partial charge in [0.05, 0.1) is 19.8 Å². The Kier molecular flexibility index (Phi) is 3.60. The molecule has 0 aromatic heterocycles. The third-order valence-electron chi connectivity index (χ3n) is 3.82. The molecule has 4 nitrogen and oxygen atoms in total. The van der Waals surface area contributed by atoms with Gasteiger partial charge in [-0.1, -0.05) is 18.1 Å². The molecule has 1 aliphatic carbocycles. The summed E-state index contributed by atoms with van der Waals surface area (Å²) in [5, 5.41) is 0. The Morgan fingerprint density at radius 3 is 2.37 bits per heavy atom. The SMILES string of the molecule is COC(=O)C1(C(=O)c2cc(C)ccc2OC)CCC1. The maximum Gasteiger partial charge on any atom is 0.319 e. The summed E-state index contributed by atoms with van der Waals surface area (Å²) in [6, 6.07) is 5.40. The average molecular weight is 262 g/mol. The summed E-state index contributed by atoms with van der Waals surface area (Å²) in [6.45, 7) is 1.90. The molecule has 0 aliphatic heterocycles. The van der Waals surface area contributed by atoms with E-state index in [2.05, 4.69) is 0 Å². The number of carbonyl (C=O) groups is 2. The molecule has 0 atom stereocenters. The van der Waals surface area contributed by atoms with Gasteiger partial charge >= 0.3 is 5.97 Å². The molecule has 0 saturated heterocycles. The van der Waals surface area contributed by atoms with Crippen LogP contribution in [0.1, 0.15) is 35.2 Å². The quantitative estimate of drug-likeness (QED) is 0.475. The Balaban J connectivity index is 2.43. The second-order valence-corrected chi connectivity index (χ2v) is 4.96. The number of hydrogen-bond donors (Lipinski definition) is 0. The molecule has 0 bridgehead atoms. The van der Waals surface area contributed by atoms with Crippen molar-refractivity contribution < 1.29 is 19.1 Å². The minimum Gasteiger partial charge on any atom is -0.496 e. The van der Waals surface area contributed by atoms with Gasteiger partial charge in [0.25, 0.3) is 0 Å². The fourth-order valence-corrected chi connectivity index (χ4v) is 2.51. The van der Waals surface area contributed by atoms with E-state index in [1.54, 1.807) is 12.1 Å². The third-order valence-corrected chi connectivity index (χ3v) is 3.82. The van der Waals surface area contributed by atoms with Crippen LogP contribution in [0.5, 0.6) is 5.75 Å². The number of carbonyl (C=O) groups excluding carboxylic acids is 2. The molecule has 0 N–H and O–H groups in total. The highest BCUT2D eigenvalue weighted by atomic mass is 16.5. The summed E-state index contributed by atoms with van der Waals surface area (Å²) in [5.41, 5.74) is 0.423. The third kappa shape index (κ3) is 2.11. The molecule has 1 aromatic rings. The van der Waals surface area contributed by atoms with Gasteiger partial charge in [0, 0.05) is 0 Å².